The van der Waals surface area contributed by atoms with Crippen LogP contribution in [0.4, 0.5) is 0 Å². The first-order chi connectivity index (χ1) is 5.79. The zero-order chi connectivity index (χ0) is 10.6. The second-order valence-corrected chi connectivity index (χ2v) is 4.29. The molecule has 2 N–H and O–H groups in total. The third-order valence-electron chi connectivity index (χ3n) is 1.43. The SMILES string of the molecule is C=CC(=O)N[C@H](C(=O)O)C(C)(C)S. The summed E-state index contributed by atoms with van der Waals surface area (Å²) in [6, 6.07) is -1.03. The van der Waals surface area contributed by atoms with E-state index in [1.54, 1.807) is 13.8 Å². The maximum Gasteiger partial charge on any atom is 0.327 e. The summed E-state index contributed by atoms with van der Waals surface area (Å²) in [5.74, 6) is -1.63. The highest BCUT2D eigenvalue weighted by atomic mass is 32.1. The molecule has 1 atom stereocenters. The molecule has 5 heteroatoms. The second-order valence-electron chi connectivity index (χ2n) is 3.14. The molecule has 0 bridgehead atoms. The van der Waals surface area contributed by atoms with Crippen LogP contribution >= 0.6 is 12.6 Å². The summed E-state index contributed by atoms with van der Waals surface area (Å²) in [5, 5.41) is 11.0. The Bertz CT molecular complexity index is 232. The van der Waals surface area contributed by atoms with Gasteiger partial charge in [0.15, 0.2) is 0 Å². The van der Waals surface area contributed by atoms with Crippen LogP contribution in [0.2, 0.25) is 0 Å². The molecule has 0 aliphatic rings. The summed E-state index contributed by atoms with van der Waals surface area (Å²) in [7, 11) is 0. The van der Waals surface area contributed by atoms with Crippen LogP contribution in [0.1, 0.15) is 13.8 Å². The molecule has 0 saturated heterocycles. The first kappa shape index (κ1) is 12.0. The van der Waals surface area contributed by atoms with Gasteiger partial charge in [-0.3, -0.25) is 4.79 Å². The molecule has 0 spiro atoms. The highest BCUT2D eigenvalue weighted by Gasteiger charge is 2.32. The number of carboxylic acid groups (broad SMARTS) is 1. The van der Waals surface area contributed by atoms with Crippen molar-refractivity contribution in [2.24, 2.45) is 0 Å². The Kier molecular flexibility index (Phi) is 4.00. The van der Waals surface area contributed by atoms with Gasteiger partial charge in [0.1, 0.15) is 6.04 Å². The topological polar surface area (TPSA) is 66.4 Å². The van der Waals surface area contributed by atoms with Gasteiger partial charge < -0.3 is 10.4 Å². The Morgan fingerprint density at radius 2 is 2.08 bits per heavy atom. The van der Waals surface area contributed by atoms with Gasteiger partial charge in [-0.05, 0) is 19.9 Å². The Labute approximate surface area is 82.4 Å². The van der Waals surface area contributed by atoms with Gasteiger partial charge in [0.05, 0.1) is 0 Å². The highest BCUT2D eigenvalue weighted by molar-refractivity contribution is 7.81. The van der Waals surface area contributed by atoms with Crippen molar-refractivity contribution in [2.45, 2.75) is 24.6 Å². The first-order valence-electron chi connectivity index (χ1n) is 3.67. The molecular formula is C8H13NO3S. The van der Waals surface area contributed by atoms with Gasteiger partial charge in [-0.1, -0.05) is 6.58 Å². The maximum absolute atomic E-state index is 10.8. The number of carboxylic acids is 1. The lowest BCUT2D eigenvalue weighted by molar-refractivity contribution is -0.141. The van der Waals surface area contributed by atoms with E-state index < -0.39 is 22.7 Å². The summed E-state index contributed by atoms with van der Waals surface area (Å²) in [6.45, 7) is 6.44. The predicted octanol–water partition coefficient (Wildman–Crippen LogP) is 0.450. The van der Waals surface area contributed by atoms with E-state index in [9.17, 15) is 9.59 Å². The van der Waals surface area contributed by atoms with E-state index in [0.717, 1.165) is 6.08 Å². The third kappa shape index (κ3) is 3.98. The normalized spacial score (nSPS) is 13.2. The number of hydrogen-bond acceptors (Lipinski definition) is 3. The van der Waals surface area contributed by atoms with Crippen molar-refractivity contribution in [1.82, 2.24) is 5.32 Å². The van der Waals surface area contributed by atoms with E-state index >= 15 is 0 Å². The van der Waals surface area contributed by atoms with Gasteiger partial charge in [-0.2, -0.15) is 12.6 Å². The molecule has 0 aliphatic carbocycles. The number of aliphatic carboxylic acids is 1. The average molecular weight is 203 g/mol. The molecule has 13 heavy (non-hydrogen) atoms. The molecule has 0 heterocycles. The molecule has 0 aliphatic heterocycles. The fourth-order valence-electron chi connectivity index (χ4n) is 0.742. The van der Waals surface area contributed by atoms with Crippen molar-refractivity contribution in [3.63, 3.8) is 0 Å². The lowest BCUT2D eigenvalue weighted by atomic mass is 10.0. The smallest absolute Gasteiger partial charge is 0.327 e. The Balaban J connectivity index is 4.55. The molecule has 4 nitrogen and oxygen atoms in total. The summed E-state index contributed by atoms with van der Waals surface area (Å²) >= 11 is 4.07. The minimum Gasteiger partial charge on any atom is -0.480 e. The summed E-state index contributed by atoms with van der Waals surface area (Å²) < 4.78 is -0.815. The molecule has 0 aromatic rings. The van der Waals surface area contributed by atoms with E-state index in [1.165, 1.54) is 0 Å². The molecule has 0 unspecified atom stereocenters. The lowest BCUT2D eigenvalue weighted by Crippen LogP contribution is -2.51. The van der Waals surface area contributed by atoms with Crippen LogP contribution in [0.3, 0.4) is 0 Å². The van der Waals surface area contributed by atoms with Crippen molar-refractivity contribution in [2.75, 3.05) is 0 Å². The molecule has 74 valence electrons. The zero-order valence-electron chi connectivity index (χ0n) is 7.57. The van der Waals surface area contributed by atoms with Crippen LogP contribution in [0.25, 0.3) is 0 Å². The van der Waals surface area contributed by atoms with Crippen molar-refractivity contribution < 1.29 is 14.7 Å². The van der Waals surface area contributed by atoms with Gasteiger partial charge >= 0.3 is 5.97 Å². The molecule has 0 fully saturated rings. The van der Waals surface area contributed by atoms with Gasteiger partial charge in [0.2, 0.25) is 5.91 Å². The van der Waals surface area contributed by atoms with E-state index in [4.69, 9.17) is 5.11 Å². The van der Waals surface area contributed by atoms with Crippen LogP contribution < -0.4 is 5.32 Å². The van der Waals surface area contributed by atoms with E-state index in [2.05, 4.69) is 24.5 Å². The minimum absolute atomic E-state index is 0.519. The van der Waals surface area contributed by atoms with Crippen LogP contribution in [0, 0.1) is 0 Å². The number of nitrogens with one attached hydrogen (secondary N) is 1. The highest BCUT2D eigenvalue weighted by Crippen LogP contribution is 2.17. The number of thiol groups is 1. The van der Waals surface area contributed by atoms with Gasteiger partial charge in [-0.15, -0.1) is 0 Å². The van der Waals surface area contributed by atoms with Gasteiger partial charge in [0.25, 0.3) is 0 Å². The number of hydrogen-bond donors (Lipinski definition) is 3. The summed E-state index contributed by atoms with van der Waals surface area (Å²) in [6.07, 6.45) is 1.02. The fourth-order valence-corrected chi connectivity index (χ4v) is 0.917. The first-order valence-corrected chi connectivity index (χ1v) is 4.12. The second kappa shape index (κ2) is 4.32. The van der Waals surface area contributed by atoms with E-state index in [1.807, 2.05) is 0 Å². The Morgan fingerprint density at radius 1 is 1.62 bits per heavy atom. The molecule has 0 aromatic carbocycles. The molecule has 0 radical (unpaired) electrons. The summed E-state index contributed by atoms with van der Waals surface area (Å²) in [5.41, 5.74) is 0. The predicted molar refractivity (Wildman–Crippen MR) is 52.8 cm³/mol. The number of carbonyl (C=O) groups is 2. The van der Waals surface area contributed by atoms with Crippen LogP contribution in [-0.2, 0) is 9.59 Å². The van der Waals surface area contributed by atoms with E-state index in [-0.39, 0.29) is 0 Å². The van der Waals surface area contributed by atoms with Crippen molar-refractivity contribution in [3.8, 4) is 0 Å². The Morgan fingerprint density at radius 3 is 2.31 bits per heavy atom. The molecule has 0 rings (SSSR count). The fraction of sp³-hybridized carbons (Fsp3) is 0.500. The molecule has 1 amide bonds. The van der Waals surface area contributed by atoms with E-state index in [0.29, 0.717) is 0 Å². The van der Waals surface area contributed by atoms with Crippen molar-refractivity contribution in [3.05, 3.63) is 12.7 Å². The Hall–Kier alpha value is -0.970. The molecule has 0 saturated carbocycles. The molecule has 0 aromatic heterocycles. The lowest BCUT2D eigenvalue weighted by Gasteiger charge is -2.26. The number of carbonyl (C=O) groups excluding carboxylic acids is 1. The summed E-state index contributed by atoms with van der Waals surface area (Å²) in [4.78, 5) is 21.5. The average Bonchev–Trinajstić information content (AvgIpc) is 1.96. The standard InChI is InChI=1S/C8H13NO3S/c1-4-5(10)9-6(7(11)12)8(2,3)13/h4,6,13H,1H2,2-3H3,(H,9,10)(H,11,12)/t6-/m1/s1. The number of amides is 1. The van der Waals surface area contributed by atoms with Crippen molar-refractivity contribution in [1.29, 1.82) is 0 Å². The monoisotopic (exact) mass is 203 g/mol. The maximum atomic E-state index is 10.8. The zero-order valence-corrected chi connectivity index (χ0v) is 8.47. The van der Waals surface area contributed by atoms with Crippen LogP contribution in [0.5, 0.6) is 0 Å². The number of rotatable bonds is 4. The van der Waals surface area contributed by atoms with Gasteiger partial charge in [-0.25, -0.2) is 4.79 Å². The van der Waals surface area contributed by atoms with Crippen LogP contribution in [0.15, 0.2) is 12.7 Å². The quantitative estimate of drug-likeness (QED) is 0.459. The van der Waals surface area contributed by atoms with Crippen molar-refractivity contribution >= 4 is 24.5 Å². The van der Waals surface area contributed by atoms with Crippen LogP contribution in [-0.4, -0.2) is 27.8 Å². The molecular weight excluding hydrogens is 190 g/mol. The third-order valence-corrected chi connectivity index (χ3v) is 1.68. The van der Waals surface area contributed by atoms with Gasteiger partial charge in [0, 0.05) is 4.75 Å². The minimum atomic E-state index is -1.12. The largest absolute Gasteiger partial charge is 0.480 e.